The van der Waals surface area contributed by atoms with Gasteiger partial charge >= 0.3 is 19.8 Å². The summed E-state index contributed by atoms with van der Waals surface area (Å²) >= 11 is 0. The topological polar surface area (TPSA) is 189 Å². The Morgan fingerprint density at radius 3 is 1.32 bits per heavy atom. The maximum atomic E-state index is 12.8. The first kappa shape index (κ1) is 61.4. The molecule has 5 atom stereocenters. The molecule has 0 rings (SSSR count). The molecular formula is C50H95O12P. The first-order valence-corrected chi connectivity index (χ1v) is 27.0. The summed E-state index contributed by atoms with van der Waals surface area (Å²) in [6, 6.07) is 0. The van der Waals surface area contributed by atoms with Crippen LogP contribution in [0, 0.1) is 0 Å². The number of unbranched alkanes of at least 4 members (excludes halogenated alkanes) is 28. The molecule has 0 saturated carbocycles. The van der Waals surface area contributed by atoms with E-state index >= 15 is 0 Å². The third-order valence-electron chi connectivity index (χ3n) is 11.3. The van der Waals surface area contributed by atoms with E-state index in [0.29, 0.717) is 12.8 Å². The van der Waals surface area contributed by atoms with Gasteiger partial charge in [-0.3, -0.25) is 18.6 Å². The zero-order valence-corrected chi connectivity index (χ0v) is 40.9. The molecule has 13 heteroatoms. The molecule has 0 aliphatic rings. The van der Waals surface area contributed by atoms with Gasteiger partial charge in [0.1, 0.15) is 24.9 Å². The van der Waals surface area contributed by atoms with Crippen molar-refractivity contribution in [1.29, 1.82) is 0 Å². The maximum Gasteiger partial charge on any atom is 0.472 e. The Morgan fingerprint density at radius 1 is 0.508 bits per heavy atom. The number of ether oxygens (including phenoxy) is 2. The van der Waals surface area contributed by atoms with Crippen molar-refractivity contribution in [2.24, 2.45) is 0 Å². The number of phosphoric ester groups is 1. The van der Waals surface area contributed by atoms with Crippen molar-refractivity contribution in [3.8, 4) is 0 Å². The predicted molar refractivity (Wildman–Crippen MR) is 254 cm³/mol. The van der Waals surface area contributed by atoms with Crippen LogP contribution in [-0.2, 0) is 32.7 Å². The molecule has 63 heavy (non-hydrogen) atoms. The molecule has 0 aromatic carbocycles. The van der Waals surface area contributed by atoms with Gasteiger partial charge in [0.05, 0.1) is 19.8 Å². The van der Waals surface area contributed by atoms with E-state index in [4.69, 9.17) is 23.6 Å². The van der Waals surface area contributed by atoms with Gasteiger partial charge in [-0.1, -0.05) is 179 Å². The second kappa shape index (κ2) is 45.5. The van der Waals surface area contributed by atoms with Crippen LogP contribution in [0.25, 0.3) is 0 Å². The van der Waals surface area contributed by atoms with Gasteiger partial charge in [-0.15, -0.1) is 0 Å². The lowest BCUT2D eigenvalue weighted by Crippen LogP contribution is -2.42. The average Bonchev–Trinajstić information content (AvgIpc) is 3.27. The summed E-state index contributed by atoms with van der Waals surface area (Å²) in [5.74, 6) is -1.06. The molecular weight excluding hydrogens is 824 g/mol. The minimum atomic E-state index is -4.97. The SMILES string of the molecule is CCCCC/C=C\CCCCCCCCCC/C=C\CCCCC(=O)O[C@H](COC(=O)CCCCCCCCCCCCCCCCC)COP(=O)(O)O[C@H](CO)[C@@H](O)[C@H](O)CO. The number of hydrogen-bond acceptors (Lipinski definition) is 11. The molecule has 0 fully saturated rings. The molecule has 0 aliphatic carbocycles. The monoisotopic (exact) mass is 919 g/mol. The highest BCUT2D eigenvalue weighted by Crippen LogP contribution is 2.45. The normalized spacial score (nSPS) is 14.8. The number of esters is 2. The summed E-state index contributed by atoms with van der Waals surface area (Å²) in [4.78, 5) is 35.6. The summed E-state index contributed by atoms with van der Waals surface area (Å²) in [5, 5.41) is 38.3. The molecule has 0 aromatic heterocycles. The Balaban J connectivity index is 4.49. The molecule has 0 radical (unpaired) electrons. The number of aliphatic hydroxyl groups is 4. The lowest BCUT2D eigenvalue weighted by molar-refractivity contribution is -0.161. The van der Waals surface area contributed by atoms with Crippen molar-refractivity contribution in [2.45, 2.75) is 257 Å². The molecule has 0 heterocycles. The number of hydrogen-bond donors (Lipinski definition) is 5. The van der Waals surface area contributed by atoms with Crippen LogP contribution in [0.4, 0.5) is 0 Å². The molecule has 1 unspecified atom stereocenters. The fourth-order valence-corrected chi connectivity index (χ4v) is 8.25. The summed E-state index contributed by atoms with van der Waals surface area (Å²) in [5.41, 5.74) is 0. The lowest BCUT2D eigenvalue weighted by atomic mass is 10.0. The molecule has 0 bridgehead atoms. The summed E-state index contributed by atoms with van der Waals surface area (Å²) in [7, 11) is -4.97. The first-order valence-electron chi connectivity index (χ1n) is 25.5. The Bertz CT molecular complexity index is 1130. The van der Waals surface area contributed by atoms with Crippen molar-refractivity contribution in [3.05, 3.63) is 24.3 Å². The van der Waals surface area contributed by atoms with Gasteiger partial charge in [0.25, 0.3) is 0 Å². The zero-order valence-electron chi connectivity index (χ0n) is 40.0. The number of allylic oxidation sites excluding steroid dienone is 4. The van der Waals surface area contributed by atoms with Crippen molar-refractivity contribution < 1.29 is 58.0 Å². The molecule has 0 spiro atoms. The number of phosphoric acid groups is 1. The van der Waals surface area contributed by atoms with E-state index in [-0.39, 0.29) is 12.8 Å². The Kier molecular flexibility index (Phi) is 44.3. The van der Waals surface area contributed by atoms with Gasteiger partial charge in [-0.05, 0) is 64.2 Å². The van der Waals surface area contributed by atoms with Crippen LogP contribution >= 0.6 is 7.82 Å². The van der Waals surface area contributed by atoms with E-state index in [2.05, 4.69) is 38.2 Å². The average molecular weight is 919 g/mol. The third kappa shape index (κ3) is 41.5. The molecule has 12 nitrogen and oxygen atoms in total. The molecule has 0 aromatic rings. The highest BCUT2D eigenvalue weighted by molar-refractivity contribution is 7.47. The summed E-state index contributed by atoms with van der Waals surface area (Å²) in [6.07, 6.45) is 40.7. The van der Waals surface area contributed by atoms with E-state index in [1.165, 1.54) is 154 Å². The van der Waals surface area contributed by atoms with Crippen molar-refractivity contribution in [2.75, 3.05) is 26.4 Å². The Morgan fingerprint density at radius 2 is 0.873 bits per heavy atom. The van der Waals surface area contributed by atoms with Crippen LogP contribution in [0.2, 0.25) is 0 Å². The van der Waals surface area contributed by atoms with Crippen LogP contribution in [0.15, 0.2) is 24.3 Å². The molecule has 0 aliphatic heterocycles. The van der Waals surface area contributed by atoms with Crippen LogP contribution < -0.4 is 0 Å². The summed E-state index contributed by atoms with van der Waals surface area (Å²) in [6.45, 7) is 1.56. The van der Waals surface area contributed by atoms with E-state index in [9.17, 15) is 34.4 Å². The fraction of sp³-hybridized carbons (Fsp3) is 0.880. The van der Waals surface area contributed by atoms with Crippen molar-refractivity contribution in [3.63, 3.8) is 0 Å². The van der Waals surface area contributed by atoms with E-state index in [0.717, 1.165) is 38.5 Å². The van der Waals surface area contributed by atoms with Crippen LogP contribution in [0.1, 0.15) is 232 Å². The van der Waals surface area contributed by atoms with Crippen LogP contribution in [0.3, 0.4) is 0 Å². The van der Waals surface area contributed by atoms with Gasteiger partial charge in [0, 0.05) is 12.8 Å². The van der Waals surface area contributed by atoms with E-state index in [1.54, 1.807) is 0 Å². The third-order valence-corrected chi connectivity index (χ3v) is 12.4. The second-order valence-electron chi connectivity index (χ2n) is 17.4. The van der Waals surface area contributed by atoms with Gasteiger partial charge < -0.3 is 34.8 Å². The van der Waals surface area contributed by atoms with E-state index < -0.39 is 70.6 Å². The number of carbonyl (C=O) groups is 2. The largest absolute Gasteiger partial charge is 0.472 e. The van der Waals surface area contributed by atoms with Gasteiger partial charge in [-0.2, -0.15) is 0 Å². The minimum absolute atomic E-state index is 0.0955. The summed E-state index contributed by atoms with van der Waals surface area (Å²) < 4.78 is 33.3. The zero-order chi connectivity index (χ0) is 46.5. The molecule has 5 N–H and O–H groups in total. The second-order valence-corrected chi connectivity index (χ2v) is 18.8. The highest BCUT2D eigenvalue weighted by Gasteiger charge is 2.35. The molecule has 0 saturated heterocycles. The molecule has 0 amide bonds. The first-order chi connectivity index (χ1) is 30.6. The minimum Gasteiger partial charge on any atom is -0.462 e. The lowest BCUT2D eigenvalue weighted by Gasteiger charge is -2.26. The number of carbonyl (C=O) groups excluding carboxylic acids is 2. The quantitative estimate of drug-likeness (QED) is 0.0168. The number of rotatable bonds is 48. The Labute approximate surface area is 384 Å². The van der Waals surface area contributed by atoms with Gasteiger partial charge in [-0.25, -0.2) is 4.57 Å². The smallest absolute Gasteiger partial charge is 0.462 e. The van der Waals surface area contributed by atoms with Gasteiger partial charge in [0.15, 0.2) is 6.10 Å². The molecule has 372 valence electrons. The fourth-order valence-electron chi connectivity index (χ4n) is 7.30. The highest BCUT2D eigenvalue weighted by atomic mass is 31.2. The van der Waals surface area contributed by atoms with E-state index in [1.807, 2.05) is 0 Å². The number of aliphatic hydroxyl groups excluding tert-OH is 4. The van der Waals surface area contributed by atoms with Crippen LogP contribution in [0.5, 0.6) is 0 Å². The Hall–Kier alpha value is -1.63. The standard InChI is InChI=1S/C50H95O12P/c1-3-5-7-9-11-13-15-17-19-20-21-22-23-24-26-28-30-32-34-36-38-40-49(55)61-45(44-60-63(57,58)62-47(42-52)50(56)46(53)41-51)43-59-48(54)39-37-35-33-31-29-27-25-18-16-14-12-10-8-6-4-2/h11,13,30,32,45-47,50-53,56H,3-10,12,14-29,31,33-44H2,1-2H3,(H,57,58)/b13-11-,32-30-/t45-,46-,47-,50+/m1/s1. The van der Waals surface area contributed by atoms with Gasteiger partial charge in [0.2, 0.25) is 0 Å². The maximum absolute atomic E-state index is 12.8. The van der Waals surface area contributed by atoms with Crippen molar-refractivity contribution >= 4 is 19.8 Å². The van der Waals surface area contributed by atoms with Crippen LogP contribution in [-0.4, -0.2) is 88.1 Å². The van der Waals surface area contributed by atoms with Crippen molar-refractivity contribution in [1.82, 2.24) is 0 Å². The predicted octanol–water partition coefficient (Wildman–Crippen LogP) is 12.1.